The topological polar surface area (TPSA) is 63.2 Å². The summed E-state index contributed by atoms with van der Waals surface area (Å²) < 4.78 is 5.69. The second-order valence-electron chi connectivity index (χ2n) is 4.84. The number of carbonyl (C=O) groups excluding carboxylic acids is 1. The predicted molar refractivity (Wildman–Crippen MR) is 89.2 cm³/mol. The Morgan fingerprint density at radius 1 is 1.41 bits per heavy atom. The van der Waals surface area contributed by atoms with E-state index < -0.39 is 0 Å². The Bertz CT molecular complexity index is 626. The average Bonchev–Trinajstić information content (AvgIpc) is 2.99. The van der Waals surface area contributed by atoms with Crippen LogP contribution in [0.4, 0.5) is 5.13 Å². The van der Waals surface area contributed by atoms with Gasteiger partial charge < -0.3 is 15.4 Å². The molecule has 22 heavy (non-hydrogen) atoms. The van der Waals surface area contributed by atoms with Crippen LogP contribution in [0.2, 0.25) is 0 Å². The molecule has 0 bridgehead atoms. The Balaban J connectivity index is 1.81. The summed E-state index contributed by atoms with van der Waals surface area (Å²) in [5.74, 6) is 0.689. The van der Waals surface area contributed by atoms with E-state index >= 15 is 0 Å². The molecular weight excluding hydrogens is 298 g/mol. The fourth-order valence-electron chi connectivity index (χ4n) is 1.75. The number of aromatic nitrogens is 1. The van der Waals surface area contributed by atoms with Crippen molar-refractivity contribution in [3.8, 4) is 5.75 Å². The molecule has 1 heterocycles. The van der Waals surface area contributed by atoms with Gasteiger partial charge in [0, 0.05) is 23.7 Å². The Morgan fingerprint density at radius 2 is 2.23 bits per heavy atom. The van der Waals surface area contributed by atoms with Gasteiger partial charge in [-0.2, -0.15) is 0 Å². The zero-order valence-corrected chi connectivity index (χ0v) is 13.3. The van der Waals surface area contributed by atoms with E-state index in [0.717, 1.165) is 16.9 Å². The average molecular weight is 317 g/mol. The summed E-state index contributed by atoms with van der Waals surface area (Å²) in [5.41, 5.74) is 1.97. The third-order valence-electron chi connectivity index (χ3n) is 2.73. The lowest BCUT2D eigenvalue weighted by atomic mass is 10.2. The molecule has 116 valence electrons. The van der Waals surface area contributed by atoms with Crippen molar-refractivity contribution in [1.82, 2.24) is 10.3 Å². The Labute approximate surface area is 134 Å². The van der Waals surface area contributed by atoms with Crippen molar-refractivity contribution in [1.29, 1.82) is 0 Å². The lowest BCUT2D eigenvalue weighted by molar-refractivity contribution is -0.115. The van der Waals surface area contributed by atoms with E-state index in [1.165, 1.54) is 11.3 Å². The predicted octanol–water partition coefficient (Wildman–Crippen LogP) is 2.83. The van der Waals surface area contributed by atoms with Gasteiger partial charge >= 0.3 is 0 Å². The van der Waals surface area contributed by atoms with Crippen molar-refractivity contribution >= 4 is 22.4 Å². The number of amides is 1. The third kappa shape index (κ3) is 5.31. The lowest BCUT2D eigenvalue weighted by Crippen LogP contribution is -2.27. The van der Waals surface area contributed by atoms with Crippen LogP contribution in [-0.2, 0) is 11.3 Å². The Morgan fingerprint density at radius 3 is 2.95 bits per heavy atom. The first-order valence-corrected chi connectivity index (χ1v) is 7.78. The number of nitrogens with one attached hydrogen (secondary N) is 2. The standard InChI is InChI=1S/C16H19N3O2S/c1-12(2)11-21-14-6-4-3-5-13(14)9-17-10-15(20)19-16-18-7-8-22-16/h3-8,17H,1,9-11H2,2H3,(H,18,19,20). The van der Waals surface area contributed by atoms with E-state index in [0.29, 0.717) is 18.3 Å². The first-order chi connectivity index (χ1) is 10.6. The molecule has 2 aromatic rings. The van der Waals surface area contributed by atoms with Gasteiger partial charge in [0.15, 0.2) is 5.13 Å². The van der Waals surface area contributed by atoms with Crippen molar-refractivity contribution in [2.45, 2.75) is 13.5 Å². The number of hydrogen-bond acceptors (Lipinski definition) is 5. The van der Waals surface area contributed by atoms with E-state index in [-0.39, 0.29) is 12.5 Å². The highest BCUT2D eigenvalue weighted by Crippen LogP contribution is 2.18. The largest absolute Gasteiger partial charge is 0.489 e. The van der Waals surface area contributed by atoms with Crippen LogP contribution in [0, 0.1) is 0 Å². The Kier molecular flexibility index (Phi) is 6.12. The molecular formula is C16H19N3O2S. The maximum Gasteiger partial charge on any atom is 0.240 e. The van der Waals surface area contributed by atoms with Gasteiger partial charge in [-0.25, -0.2) is 4.98 Å². The van der Waals surface area contributed by atoms with Crippen LogP contribution in [0.5, 0.6) is 5.75 Å². The van der Waals surface area contributed by atoms with E-state index in [9.17, 15) is 4.79 Å². The molecule has 0 aliphatic rings. The zero-order chi connectivity index (χ0) is 15.8. The molecule has 0 unspecified atom stereocenters. The number of anilines is 1. The van der Waals surface area contributed by atoms with Crippen molar-refractivity contribution in [3.63, 3.8) is 0 Å². The van der Waals surface area contributed by atoms with Crippen LogP contribution < -0.4 is 15.4 Å². The molecule has 0 radical (unpaired) electrons. The summed E-state index contributed by atoms with van der Waals surface area (Å²) in [6, 6.07) is 7.75. The van der Waals surface area contributed by atoms with Crippen LogP contribution in [0.1, 0.15) is 12.5 Å². The molecule has 1 amide bonds. The summed E-state index contributed by atoms with van der Waals surface area (Å²) >= 11 is 1.39. The van der Waals surface area contributed by atoms with Crippen LogP contribution in [0.25, 0.3) is 0 Å². The Hall–Kier alpha value is -2.18. The molecule has 2 N–H and O–H groups in total. The molecule has 0 aliphatic heterocycles. The SMILES string of the molecule is C=C(C)COc1ccccc1CNCC(=O)Nc1nccs1. The minimum atomic E-state index is -0.115. The summed E-state index contributed by atoms with van der Waals surface area (Å²) in [6.45, 7) is 7.00. The number of thiazole rings is 1. The molecule has 5 nitrogen and oxygen atoms in total. The van der Waals surface area contributed by atoms with Crippen LogP contribution in [0.3, 0.4) is 0 Å². The number of rotatable bonds is 8. The van der Waals surface area contributed by atoms with Gasteiger partial charge in [0.1, 0.15) is 12.4 Å². The summed E-state index contributed by atoms with van der Waals surface area (Å²) in [7, 11) is 0. The zero-order valence-electron chi connectivity index (χ0n) is 12.5. The second kappa shape index (κ2) is 8.31. The van der Waals surface area contributed by atoms with Crippen LogP contribution in [-0.4, -0.2) is 24.0 Å². The van der Waals surface area contributed by atoms with E-state index in [1.54, 1.807) is 6.20 Å². The number of ether oxygens (including phenoxy) is 1. The first kappa shape index (κ1) is 16.2. The quantitative estimate of drug-likeness (QED) is 0.735. The highest BCUT2D eigenvalue weighted by molar-refractivity contribution is 7.13. The monoisotopic (exact) mass is 317 g/mol. The molecule has 1 aromatic heterocycles. The number of nitrogens with zero attached hydrogens (tertiary/aromatic N) is 1. The number of carbonyl (C=O) groups is 1. The van der Waals surface area contributed by atoms with Gasteiger partial charge in [0.05, 0.1) is 6.54 Å². The molecule has 2 rings (SSSR count). The van der Waals surface area contributed by atoms with Crippen LogP contribution in [0.15, 0.2) is 48.0 Å². The fraction of sp³-hybridized carbons (Fsp3) is 0.250. The first-order valence-electron chi connectivity index (χ1n) is 6.90. The smallest absolute Gasteiger partial charge is 0.240 e. The molecule has 0 fully saturated rings. The van der Waals surface area contributed by atoms with Crippen molar-refractivity contribution in [3.05, 3.63) is 53.6 Å². The van der Waals surface area contributed by atoms with Gasteiger partial charge in [-0.15, -0.1) is 11.3 Å². The molecule has 0 spiro atoms. The second-order valence-corrected chi connectivity index (χ2v) is 5.74. The molecule has 6 heteroatoms. The van der Waals surface area contributed by atoms with Gasteiger partial charge in [0.2, 0.25) is 5.91 Å². The maximum atomic E-state index is 11.8. The van der Waals surface area contributed by atoms with Gasteiger partial charge in [-0.1, -0.05) is 24.8 Å². The van der Waals surface area contributed by atoms with E-state index in [2.05, 4.69) is 22.2 Å². The molecule has 0 aliphatic carbocycles. The highest BCUT2D eigenvalue weighted by atomic mass is 32.1. The van der Waals surface area contributed by atoms with Crippen molar-refractivity contribution in [2.75, 3.05) is 18.5 Å². The van der Waals surface area contributed by atoms with Crippen LogP contribution >= 0.6 is 11.3 Å². The summed E-state index contributed by atoms with van der Waals surface area (Å²) in [6.07, 6.45) is 1.66. The number of benzene rings is 1. The number of hydrogen-bond donors (Lipinski definition) is 2. The van der Waals surface area contributed by atoms with Crippen molar-refractivity contribution < 1.29 is 9.53 Å². The normalized spacial score (nSPS) is 10.2. The molecule has 0 atom stereocenters. The molecule has 0 saturated heterocycles. The van der Waals surface area contributed by atoms with Gasteiger partial charge in [-0.3, -0.25) is 4.79 Å². The minimum Gasteiger partial charge on any atom is -0.489 e. The minimum absolute atomic E-state index is 0.115. The molecule has 0 saturated carbocycles. The highest BCUT2D eigenvalue weighted by Gasteiger charge is 2.06. The summed E-state index contributed by atoms with van der Waals surface area (Å²) in [5, 5.41) is 8.26. The van der Waals surface area contributed by atoms with Gasteiger partial charge in [0.25, 0.3) is 0 Å². The fourth-order valence-corrected chi connectivity index (χ4v) is 2.30. The third-order valence-corrected chi connectivity index (χ3v) is 3.41. The van der Waals surface area contributed by atoms with Crippen molar-refractivity contribution in [2.24, 2.45) is 0 Å². The maximum absolute atomic E-state index is 11.8. The van der Waals surface area contributed by atoms with Gasteiger partial charge in [-0.05, 0) is 18.6 Å². The van der Waals surface area contributed by atoms with E-state index in [4.69, 9.17) is 4.74 Å². The summed E-state index contributed by atoms with van der Waals surface area (Å²) in [4.78, 5) is 15.8. The molecule has 1 aromatic carbocycles. The lowest BCUT2D eigenvalue weighted by Gasteiger charge is -2.12. The van der Waals surface area contributed by atoms with E-state index in [1.807, 2.05) is 36.6 Å². The number of para-hydroxylation sites is 1.